The Morgan fingerprint density at radius 2 is 1.86 bits per heavy atom. The highest BCUT2D eigenvalue weighted by atomic mass is 19.4. The molecule has 0 saturated carbocycles. The summed E-state index contributed by atoms with van der Waals surface area (Å²) in [5.74, 6) is -1.49. The summed E-state index contributed by atoms with van der Waals surface area (Å²) in [6, 6.07) is 10.6. The Morgan fingerprint density at radius 3 is 2.46 bits per heavy atom. The molecular formula is C25H24F4N4O2. The van der Waals surface area contributed by atoms with E-state index in [0.717, 1.165) is 12.1 Å². The van der Waals surface area contributed by atoms with Crippen molar-refractivity contribution in [1.82, 2.24) is 10.2 Å². The molecule has 2 aromatic rings. The van der Waals surface area contributed by atoms with Gasteiger partial charge in [-0.3, -0.25) is 9.59 Å². The van der Waals surface area contributed by atoms with Gasteiger partial charge in [-0.05, 0) is 49.2 Å². The normalized spacial score (nSPS) is 19.5. The molecule has 6 nitrogen and oxygen atoms in total. The van der Waals surface area contributed by atoms with Gasteiger partial charge in [-0.15, -0.1) is 0 Å². The highest BCUT2D eigenvalue weighted by molar-refractivity contribution is 5.94. The lowest BCUT2D eigenvalue weighted by atomic mass is 9.70. The van der Waals surface area contributed by atoms with Crippen LogP contribution < -0.4 is 10.2 Å². The quantitative estimate of drug-likeness (QED) is 0.667. The number of halogens is 4. The largest absolute Gasteiger partial charge is 0.417 e. The van der Waals surface area contributed by atoms with E-state index in [2.05, 4.69) is 5.32 Å². The molecule has 184 valence electrons. The van der Waals surface area contributed by atoms with Gasteiger partial charge in [0, 0.05) is 49.9 Å². The molecule has 0 aliphatic carbocycles. The molecule has 0 bridgehead atoms. The van der Waals surface area contributed by atoms with Crippen molar-refractivity contribution in [3.8, 4) is 6.07 Å². The second kappa shape index (κ2) is 9.21. The maximum Gasteiger partial charge on any atom is 0.417 e. The summed E-state index contributed by atoms with van der Waals surface area (Å²) in [6.07, 6.45) is -3.72. The van der Waals surface area contributed by atoms with Gasteiger partial charge in [0.1, 0.15) is 5.82 Å². The molecule has 2 aromatic carbocycles. The lowest BCUT2D eigenvalue weighted by molar-refractivity contribution is -0.137. The van der Waals surface area contributed by atoms with Gasteiger partial charge in [-0.1, -0.05) is 6.07 Å². The van der Waals surface area contributed by atoms with Gasteiger partial charge in [-0.25, -0.2) is 4.39 Å². The molecule has 1 unspecified atom stereocenters. The average molecular weight is 488 g/mol. The van der Waals surface area contributed by atoms with Gasteiger partial charge < -0.3 is 15.1 Å². The van der Waals surface area contributed by atoms with Crippen LogP contribution in [0.15, 0.2) is 42.5 Å². The lowest BCUT2D eigenvalue weighted by Gasteiger charge is -2.42. The number of nitrogens with one attached hydrogen (secondary N) is 1. The number of anilines is 1. The van der Waals surface area contributed by atoms with Gasteiger partial charge >= 0.3 is 6.18 Å². The van der Waals surface area contributed by atoms with Crippen molar-refractivity contribution in [1.29, 1.82) is 5.26 Å². The number of carbonyl (C=O) groups is 2. The molecule has 2 fully saturated rings. The lowest BCUT2D eigenvalue weighted by Crippen LogP contribution is -2.49. The molecule has 2 aliphatic heterocycles. The second-order valence-corrected chi connectivity index (χ2v) is 9.05. The van der Waals surface area contributed by atoms with Crippen LogP contribution in [0.2, 0.25) is 0 Å². The van der Waals surface area contributed by atoms with Crippen LogP contribution in [0.3, 0.4) is 0 Å². The fraction of sp³-hybridized carbons (Fsp3) is 0.400. The molecule has 2 saturated heterocycles. The van der Waals surface area contributed by atoms with E-state index in [1.165, 1.54) is 31.3 Å². The van der Waals surface area contributed by atoms with Crippen molar-refractivity contribution < 1.29 is 27.2 Å². The minimum absolute atomic E-state index is 0.206. The van der Waals surface area contributed by atoms with E-state index in [1.54, 1.807) is 21.9 Å². The molecule has 1 spiro atoms. The maximum atomic E-state index is 13.6. The standard InChI is InChI=1S/C25H24F4N4O2/c1-31-22(34)21-14-33(19-6-5-17(13-30)20(12-19)25(27,28)29)15-24(21)7-9-32(10-8-24)23(35)16-3-2-4-18(26)11-16/h2-6,11-12,21H,7-10,14-15H2,1H3,(H,31,34). The number of hydrogen-bond donors (Lipinski definition) is 1. The highest BCUT2D eigenvalue weighted by Crippen LogP contribution is 2.47. The third-order valence-electron chi connectivity index (χ3n) is 7.12. The molecule has 35 heavy (non-hydrogen) atoms. The Bertz CT molecular complexity index is 1180. The molecule has 10 heteroatoms. The van der Waals surface area contributed by atoms with E-state index in [4.69, 9.17) is 5.26 Å². The fourth-order valence-electron chi connectivity index (χ4n) is 5.23. The number of piperidine rings is 1. The smallest absolute Gasteiger partial charge is 0.370 e. The molecule has 0 aromatic heterocycles. The number of rotatable bonds is 3. The van der Waals surface area contributed by atoms with Crippen LogP contribution in [0.4, 0.5) is 23.2 Å². The van der Waals surface area contributed by atoms with Crippen LogP contribution in [0.25, 0.3) is 0 Å². The Morgan fingerprint density at radius 1 is 1.14 bits per heavy atom. The summed E-state index contributed by atoms with van der Waals surface area (Å²) in [5, 5.41) is 11.7. The van der Waals surface area contributed by atoms with Gasteiger partial charge in [0.05, 0.1) is 23.1 Å². The maximum absolute atomic E-state index is 13.6. The van der Waals surface area contributed by atoms with E-state index in [9.17, 15) is 27.2 Å². The summed E-state index contributed by atoms with van der Waals surface area (Å²) in [6.45, 7) is 1.26. The van der Waals surface area contributed by atoms with E-state index >= 15 is 0 Å². The van der Waals surface area contributed by atoms with Gasteiger partial charge in [0.15, 0.2) is 0 Å². The first-order chi connectivity index (χ1) is 16.6. The van der Waals surface area contributed by atoms with Crippen molar-refractivity contribution in [3.05, 3.63) is 65.0 Å². The zero-order chi connectivity index (χ0) is 25.4. The third kappa shape index (κ3) is 4.67. The zero-order valence-corrected chi connectivity index (χ0v) is 19.0. The van der Waals surface area contributed by atoms with E-state index in [1.807, 2.05) is 0 Å². The van der Waals surface area contributed by atoms with E-state index in [-0.39, 0.29) is 23.9 Å². The topological polar surface area (TPSA) is 76.4 Å². The minimum Gasteiger partial charge on any atom is -0.370 e. The summed E-state index contributed by atoms with van der Waals surface area (Å²) in [7, 11) is 1.52. The SMILES string of the molecule is CNC(=O)C1CN(c2ccc(C#N)c(C(F)(F)F)c2)CC12CCN(C(=O)c1cccc(F)c1)CC2. The second-order valence-electron chi connectivity index (χ2n) is 9.05. The Labute approximate surface area is 200 Å². The number of carbonyl (C=O) groups excluding carboxylic acids is 2. The number of benzene rings is 2. The van der Waals surface area contributed by atoms with E-state index < -0.39 is 34.5 Å². The molecule has 2 aliphatic rings. The first kappa shape index (κ1) is 24.5. The number of nitrogens with zero attached hydrogens (tertiary/aromatic N) is 3. The van der Waals surface area contributed by atoms with Crippen LogP contribution in [0, 0.1) is 28.5 Å². The summed E-state index contributed by atoms with van der Waals surface area (Å²) < 4.78 is 54.1. The van der Waals surface area contributed by atoms with Crippen molar-refractivity contribution in [2.24, 2.45) is 11.3 Å². The molecule has 1 atom stereocenters. The molecule has 1 N–H and O–H groups in total. The summed E-state index contributed by atoms with van der Waals surface area (Å²) in [5.41, 5.74) is -1.47. The molecule has 2 amide bonds. The monoisotopic (exact) mass is 488 g/mol. The van der Waals surface area contributed by atoms with Crippen LogP contribution in [0.1, 0.15) is 34.3 Å². The number of alkyl halides is 3. The number of hydrogen-bond acceptors (Lipinski definition) is 4. The minimum atomic E-state index is -4.68. The van der Waals surface area contributed by atoms with Crippen molar-refractivity contribution >= 4 is 17.5 Å². The third-order valence-corrected chi connectivity index (χ3v) is 7.12. The Hall–Kier alpha value is -3.61. The van der Waals surface area contributed by atoms with Crippen LogP contribution in [-0.4, -0.2) is 49.9 Å². The molecule has 0 radical (unpaired) electrons. The number of amides is 2. The Balaban J connectivity index is 1.57. The summed E-state index contributed by atoms with van der Waals surface area (Å²) in [4.78, 5) is 29.0. The van der Waals surface area contributed by atoms with E-state index in [0.29, 0.717) is 38.2 Å². The van der Waals surface area contributed by atoms with Crippen LogP contribution in [-0.2, 0) is 11.0 Å². The van der Waals surface area contributed by atoms with Crippen molar-refractivity contribution in [2.75, 3.05) is 38.1 Å². The number of nitriles is 1. The highest BCUT2D eigenvalue weighted by Gasteiger charge is 2.51. The molecular weight excluding hydrogens is 464 g/mol. The van der Waals surface area contributed by atoms with Gasteiger partial charge in [-0.2, -0.15) is 18.4 Å². The number of likely N-dealkylation sites (tertiary alicyclic amines) is 1. The average Bonchev–Trinajstić information content (AvgIpc) is 3.21. The van der Waals surface area contributed by atoms with Crippen molar-refractivity contribution in [3.63, 3.8) is 0 Å². The summed E-state index contributed by atoms with van der Waals surface area (Å²) >= 11 is 0. The van der Waals surface area contributed by atoms with Crippen LogP contribution in [0.5, 0.6) is 0 Å². The zero-order valence-electron chi connectivity index (χ0n) is 19.0. The first-order valence-electron chi connectivity index (χ1n) is 11.2. The van der Waals surface area contributed by atoms with Gasteiger partial charge in [0.25, 0.3) is 5.91 Å². The predicted molar refractivity (Wildman–Crippen MR) is 120 cm³/mol. The molecule has 2 heterocycles. The molecule has 4 rings (SSSR count). The van der Waals surface area contributed by atoms with Crippen LogP contribution >= 0.6 is 0 Å². The fourth-order valence-corrected chi connectivity index (χ4v) is 5.23. The Kier molecular flexibility index (Phi) is 6.45. The predicted octanol–water partition coefficient (Wildman–Crippen LogP) is 3.82. The van der Waals surface area contributed by atoms with Crippen molar-refractivity contribution in [2.45, 2.75) is 19.0 Å². The first-order valence-corrected chi connectivity index (χ1v) is 11.2. The van der Waals surface area contributed by atoms with Gasteiger partial charge in [0.2, 0.25) is 5.91 Å².